The fourth-order valence-corrected chi connectivity index (χ4v) is 4.73. The van der Waals surface area contributed by atoms with E-state index >= 15 is 0 Å². The Morgan fingerprint density at radius 1 is 1.39 bits per heavy atom. The van der Waals surface area contributed by atoms with Gasteiger partial charge >= 0.3 is 0 Å². The molecule has 1 aliphatic heterocycles. The standard InChI is InChI=1S/C15H19N3O4S/c1-15(2)8-3-9-17(14(15)10-16)23(21,22)11-12-4-6-13(7-5-12)18(19)20/h4-7,14H,3,8-9,11H2,1-2H3. The summed E-state index contributed by atoms with van der Waals surface area (Å²) >= 11 is 0. The number of sulfonamides is 1. The van der Waals surface area contributed by atoms with Crippen LogP contribution in [-0.2, 0) is 15.8 Å². The van der Waals surface area contributed by atoms with Crippen LogP contribution in [0.3, 0.4) is 0 Å². The number of non-ortho nitro benzene ring substituents is 1. The van der Waals surface area contributed by atoms with Crippen LogP contribution < -0.4 is 0 Å². The minimum Gasteiger partial charge on any atom is -0.258 e. The fourth-order valence-electron chi connectivity index (χ4n) is 2.89. The number of hydrogen-bond acceptors (Lipinski definition) is 5. The average Bonchev–Trinajstić information content (AvgIpc) is 2.46. The monoisotopic (exact) mass is 337 g/mol. The molecule has 0 amide bonds. The van der Waals surface area contributed by atoms with Gasteiger partial charge in [0, 0.05) is 18.7 Å². The van der Waals surface area contributed by atoms with E-state index in [4.69, 9.17) is 0 Å². The normalized spacial score (nSPS) is 21.5. The number of nitro benzene ring substituents is 1. The Bertz CT molecular complexity index is 735. The van der Waals surface area contributed by atoms with E-state index in [2.05, 4.69) is 6.07 Å². The minimum atomic E-state index is -3.66. The molecule has 1 atom stereocenters. The first kappa shape index (κ1) is 17.4. The SMILES string of the molecule is CC1(C)CCCN(S(=O)(=O)Cc2ccc([N+](=O)[O-])cc2)C1C#N. The molecule has 0 aromatic heterocycles. The van der Waals surface area contributed by atoms with Crippen molar-refractivity contribution in [2.24, 2.45) is 5.41 Å². The third-order valence-corrected chi connectivity index (χ3v) is 6.01. The van der Waals surface area contributed by atoms with Crippen LogP contribution in [0.5, 0.6) is 0 Å². The van der Waals surface area contributed by atoms with Crippen molar-refractivity contribution in [1.82, 2.24) is 4.31 Å². The Morgan fingerprint density at radius 2 is 2.00 bits per heavy atom. The fraction of sp³-hybridized carbons (Fsp3) is 0.533. The highest BCUT2D eigenvalue weighted by Crippen LogP contribution is 2.36. The van der Waals surface area contributed by atoms with Gasteiger partial charge in [0.2, 0.25) is 10.0 Å². The highest BCUT2D eigenvalue weighted by atomic mass is 32.2. The number of piperidine rings is 1. The topological polar surface area (TPSA) is 104 Å². The first-order valence-corrected chi connectivity index (χ1v) is 8.91. The van der Waals surface area contributed by atoms with Crippen molar-refractivity contribution in [3.63, 3.8) is 0 Å². The van der Waals surface area contributed by atoms with Crippen LogP contribution in [-0.4, -0.2) is 30.2 Å². The lowest BCUT2D eigenvalue weighted by Gasteiger charge is -2.41. The zero-order valence-electron chi connectivity index (χ0n) is 13.1. The first-order chi connectivity index (χ1) is 10.7. The molecule has 8 heteroatoms. The number of hydrogen-bond donors (Lipinski definition) is 0. The maximum Gasteiger partial charge on any atom is 0.269 e. The van der Waals surface area contributed by atoms with Crippen LogP contribution in [0.25, 0.3) is 0 Å². The summed E-state index contributed by atoms with van der Waals surface area (Å²) in [5.41, 5.74) is -0.00829. The van der Waals surface area contributed by atoms with Crippen molar-refractivity contribution in [3.05, 3.63) is 39.9 Å². The van der Waals surface area contributed by atoms with E-state index < -0.39 is 26.4 Å². The van der Waals surface area contributed by atoms with Crippen molar-refractivity contribution in [2.45, 2.75) is 38.5 Å². The lowest BCUT2D eigenvalue weighted by atomic mass is 9.78. The van der Waals surface area contributed by atoms with Crippen molar-refractivity contribution < 1.29 is 13.3 Å². The number of nitro groups is 1. The Hall–Kier alpha value is -1.98. The van der Waals surface area contributed by atoms with Crippen LogP contribution in [0.4, 0.5) is 5.69 Å². The van der Waals surface area contributed by atoms with Gasteiger partial charge in [-0.3, -0.25) is 10.1 Å². The molecule has 0 bridgehead atoms. The summed E-state index contributed by atoms with van der Waals surface area (Å²) in [6, 6.07) is 6.86. The Kier molecular flexibility index (Phi) is 4.73. The van der Waals surface area contributed by atoms with E-state index in [0.29, 0.717) is 18.5 Å². The van der Waals surface area contributed by atoms with Crippen LogP contribution >= 0.6 is 0 Å². The maximum atomic E-state index is 12.7. The molecule has 124 valence electrons. The first-order valence-electron chi connectivity index (χ1n) is 7.30. The van der Waals surface area contributed by atoms with E-state index in [0.717, 1.165) is 6.42 Å². The van der Waals surface area contributed by atoms with E-state index in [1.165, 1.54) is 28.6 Å². The number of nitrogens with zero attached hydrogens (tertiary/aromatic N) is 3. The van der Waals surface area contributed by atoms with Crippen LogP contribution in [0.15, 0.2) is 24.3 Å². The molecule has 0 radical (unpaired) electrons. The lowest BCUT2D eigenvalue weighted by molar-refractivity contribution is -0.384. The molecule has 1 aliphatic rings. The summed E-state index contributed by atoms with van der Waals surface area (Å²) in [5, 5.41) is 20.0. The second-order valence-corrected chi connectivity index (χ2v) is 8.34. The molecule has 23 heavy (non-hydrogen) atoms. The second-order valence-electron chi connectivity index (χ2n) is 6.41. The molecular formula is C15H19N3O4S. The smallest absolute Gasteiger partial charge is 0.258 e. The number of benzene rings is 1. The van der Waals surface area contributed by atoms with E-state index in [1.807, 2.05) is 13.8 Å². The largest absolute Gasteiger partial charge is 0.269 e. The zero-order valence-corrected chi connectivity index (χ0v) is 13.9. The quantitative estimate of drug-likeness (QED) is 0.620. The van der Waals surface area contributed by atoms with E-state index in [9.17, 15) is 23.8 Å². The van der Waals surface area contributed by atoms with Crippen molar-refractivity contribution in [3.8, 4) is 6.07 Å². The molecule has 0 aliphatic carbocycles. The van der Waals surface area contributed by atoms with Gasteiger partial charge in [-0.05, 0) is 23.8 Å². The van der Waals surface area contributed by atoms with Crippen molar-refractivity contribution >= 4 is 15.7 Å². The van der Waals surface area contributed by atoms with Crippen LogP contribution in [0.2, 0.25) is 0 Å². The molecule has 1 heterocycles. The summed E-state index contributed by atoms with van der Waals surface area (Å²) in [7, 11) is -3.66. The van der Waals surface area contributed by atoms with Crippen LogP contribution in [0, 0.1) is 26.9 Å². The minimum absolute atomic E-state index is 0.0832. The highest BCUT2D eigenvalue weighted by molar-refractivity contribution is 7.88. The summed E-state index contributed by atoms with van der Waals surface area (Å²) in [6.07, 6.45) is 1.51. The van der Waals surface area contributed by atoms with Gasteiger partial charge in [-0.15, -0.1) is 0 Å². The molecule has 2 rings (SSSR count). The molecule has 0 N–H and O–H groups in total. The predicted octanol–water partition coefficient (Wildman–Crippen LogP) is 2.44. The maximum absolute atomic E-state index is 12.7. The molecule has 0 saturated carbocycles. The van der Waals surface area contributed by atoms with E-state index in [1.54, 1.807) is 0 Å². The van der Waals surface area contributed by atoms with Crippen molar-refractivity contribution in [2.75, 3.05) is 6.54 Å². The van der Waals surface area contributed by atoms with Crippen LogP contribution in [0.1, 0.15) is 32.3 Å². The summed E-state index contributed by atoms with van der Waals surface area (Å²) in [4.78, 5) is 10.1. The summed E-state index contributed by atoms with van der Waals surface area (Å²) < 4.78 is 26.6. The number of nitriles is 1. The molecule has 1 aromatic rings. The van der Waals surface area contributed by atoms with Gasteiger partial charge in [0.1, 0.15) is 6.04 Å². The summed E-state index contributed by atoms with van der Waals surface area (Å²) in [6.45, 7) is 4.12. The van der Waals surface area contributed by atoms with Gasteiger partial charge in [-0.2, -0.15) is 9.57 Å². The highest BCUT2D eigenvalue weighted by Gasteiger charge is 2.43. The molecule has 1 saturated heterocycles. The molecule has 1 fully saturated rings. The third-order valence-electron chi connectivity index (χ3n) is 4.20. The predicted molar refractivity (Wildman–Crippen MR) is 84.8 cm³/mol. The molecule has 1 unspecified atom stereocenters. The summed E-state index contributed by atoms with van der Waals surface area (Å²) in [5.74, 6) is -0.265. The molecule has 0 spiro atoms. The van der Waals surface area contributed by atoms with Gasteiger partial charge in [0.15, 0.2) is 0 Å². The Balaban J connectivity index is 2.24. The molecule has 7 nitrogen and oxygen atoms in total. The zero-order chi connectivity index (χ0) is 17.3. The van der Waals surface area contributed by atoms with Crippen molar-refractivity contribution in [1.29, 1.82) is 5.26 Å². The van der Waals surface area contributed by atoms with Gasteiger partial charge in [0.05, 0.1) is 16.7 Å². The van der Waals surface area contributed by atoms with E-state index in [-0.39, 0.29) is 11.4 Å². The lowest BCUT2D eigenvalue weighted by Crippen LogP contribution is -2.51. The average molecular weight is 337 g/mol. The third kappa shape index (κ3) is 3.68. The number of rotatable bonds is 4. The van der Waals surface area contributed by atoms with Gasteiger partial charge < -0.3 is 0 Å². The Morgan fingerprint density at radius 3 is 2.52 bits per heavy atom. The van der Waals surface area contributed by atoms with Gasteiger partial charge in [0.25, 0.3) is 5.69 Å². The Labute approximate surface area is 135 Å². The van der Waals surface area contributed by atoms with Gasteiger partial charge in [-0.1, -0.05) is 26.0 Å². The second kappa shape index (κ2) is 6.26. The van der Waals surface area contributed by atoms with Gasteiger partial charge in [-0.25, -0.2) is 8.42 Å². The molecular weight excluding hydrogens is 318 g/mol. The molecule has 1 aromatic carbocycles.